The number of nitrogens with zero attached hydrogens (tertiary/aromatic N) is 1. The summed E-state index contributed by atoms with van der Waals surface area (Å²) < 4.78 is 0. The Hall–Kier alpha value is -4.54. The van der Waals surface area contributed by atoms with Crippen LogP contribution in [0.1, 0.15) is 114 Å². The van der Waals surface area contributed by atoms with Gasteiger partial charge in [0.2, 0.25) is 35.4 Å². The van der Waals surface area contributed by atoms with Crippen LogP contribution in [0.5, 0.6) is 0 Å². The summed E-state index contributed by atoms with van der Waals surface area (Å²) >= 11 is 0. The van der Waals surface area contributed by atoms with Crippen molar-refractivity contribution in [2.24, 2.45) is 35.3 Å². The summed E-state index contributed by atoms with van der Waals surface area (Å²) in [5.41, 5.74) is 6.57. The van der Waals surface area contributed by atoms with Crippen molar-refractivity contribution in [1.29, 1.82) is 0 Å². The number of carbonyl (C=O) groups excluding carboxylic acids is 6. The second-order valence-corrected chi connectivity index (χ2v) is 16.2. The minimum absolute atomic E-state index is 0.0305. The number of amides is 6. The van der Waals surface area contributed by atoms with Crippen molar-refractivity contribution in [2.75, 3.05) is 0 Å². The fourth-order valence-electron chi connectivity index (χ4n) is 5.87. The Morgan fingerprint density at radius 2 is 1.02 bits per heavy atom. The Labute approximate surface area is 332 Å². The molecule has 0 fully saturated rings. The lowest BCUT2D eigenvalue weighted by atomic mass is 9.97. The summed E-state index contributed by atoms with van der Waals surface area (Å²) in [5, 5.41) is 25.8. The summed E-state index contributed by atoms with van der Waals surface area (Å²) in [5.74, 6) is -5.52. The van der Waals surface area contributed by atoms with E-state index in [0.717, 1.165) is 0 Å². The smallest absolute Gasteiger partial charge is 0.326 e. The van der Waals surface area contributed by atoms with Gasteiger partial charge in [-0.1, -0.05) is 82.1 Å². The standard InChI is InChI=1S/C39H69N9O8/c1-12-23(9)31(40)38(54)47-29(16-22(7)8)36(52)46-28(15-21(5)6)35(51)45-27(14-20(3)4)34(50)43-25(11)33(49)44-30(17-26-18-41-19-42-26)37(53)48-32(39(55)56)24(10)13-2/h18-25,27-32H,12-17,40H2,1-11H3,(H,41,42)(H,43,50)(H,44,49)(H,45,51)(H,46,52)(H,47,54)(H,48,53)(H,55,56)/t23-,24-,25-,27-,28-,29-,30-,31-,32-/m0/s1. The number of H-pyrrole nitrogens is 1. The predicted octanol–water partition coefficient (Wildman–Crippen LogP) is 1.52. The molecule has 0 spiro atoms. The molecule has 0 saturated heterocycles. The van der Waals surface area contributed by atoms with E-state index in [1.165, 1.54) is 13.3 Å². The maximum atomic E-state index is 13.8. The van der Waals surface area contributed by atoms with Crippen molar-refractivity contribution in [1.82, 2.24) is 41.9 Å². The highest BCUT2D eigenvalue weighted by atomic mass is 16.4. The lowest BCUT2D eigenvalue weighted by Gasteiger charge is -2.29. The molecule has 0 radical (unpaired) electrons. The molecule has 0 bridgehead atoms. The fourth-order valence-corrected chi connectivity index (χ4v) is 5.87. The second kappa shape index (κ2) is 24.2. The number of carboxylic acids is 1. The highest BCUT2D eigenvalue weighted by Gasteiger charge is 2.34. The van der Waals surface area contributed by atoms with Gasteiger partial charge in [-0.15, -0.1) is 0 Å². The number of hydrogen-bond donors (Lipinski definition) is 9. The van der Waals surface area contributed by atoms with Gasteiger partial charge in [-0.05, 0) is 55.8 Å². The van der Waals surface area contributed by atoms with Gasteiger partial charge in [-0.2, -0.15) is 0 Å². The number of nitrogens with one attached hydrogen (secondary N) is 7. The number of imidazole rings is 1. The van der Waals surface area contributed by atoms with Crippen LogP contribution in [0.4, 0.5) is 0 Å². The minimum Gasteiger partial charge on any atom is -0.480 e. The Morgan fingerprint density at radius 1 is 0.607 bits per heavy atom. The van der Waals surface area contributed by atoms with Crippen molar-refractivity contribution in [2.45, 2.75) is 157 Å². The summed E-state index contributed by atoms with van der Waals surface area (Å²) in [7, 11) is 0. The number of aliphatic carboxylic acids is 1. The third-order valence-electron chi connectivity index (χ3n) is 9.71. The van der Waals surface area contributed by atoms with Crippen molar-refractivity contribution in [3.05, 3.63) is 18.2 Å². The SMILES string of the molecule is CC[C@H](C)[C@H](N)C(=O)N[C@@H](CC(C)C)C(=O)N[C@@H](CC(C)C)C(=O)N[C@@H](CC(C)C)C(=O)N[C@@H](C)C(=O)N[C@@H](Cc1c[nH]cn1)C(=O)N[C@H](C(=O)O)[C@@H](C)CC. The summed E-state index contributed by atoms with van der Waals surface area (Å²) in [4.78, 5) is 99.7. The largest absolute Gasteiger partial charge is 0.480 e. The number of carboxylic acid groups (broad SMARTS) is 1. The van der Waals surface area contributed by atoms with Gasteiger partial charge in [0.15, 0.2) is 0 Å². The van der Waals surface area contributed by atoms with Gasteiger partial charge in [-0.3, -0.25) is 28.8 Å². The molecule has 17 heteroatoms. The molecule has 0 saturated carbocycles. The Morgan fingerprint density at radius 3 is 1.41 bits per heavy atom. The lowest BCUT2D eigenvalue weighted by Crippen LogP contribution is -2.60. The van der Waals surface area contributed by atoms with Crippen LogP contribution in [0.25, 0.3) is 0 Å². The molecule has 56 heavy (non-hydrogen) atoms. The first-order valence-corrected chi connectivity index (χ1v) is 19.9. The highest BCUT2D eigenvalue weighted by molar-refractivity contribution is 5.97. The highest BCUT2D eigenvalue weighted by Crippen LogP contribution is 2.13. The van der Waals surface area contributed by atoms with Gasteiger partial charge < -0.3 is 47.7 Å². The Balaban J connectivity index is 3.20. The van der Waals surface area contributed by atoms with Crippen molar-refractivity contribution in [3.63, 3.8) is 0 Å². The van der Waals surface area contributed by atoms with Crippen molar-refractivity contribution >= 4 is 41.4 Å². The molecule has 0 unspecified atom stereocenters. The van der Waals surface area contributed by atoms with Crippen LogP contribution in [-0.4, -0.2) is 98.8 Å². The van der Waals surface area contributed by atoms with Crippen LogP contribution in [0.3, 0.4) is 0 Å². The second-order valence-electron chi connectivity index (χ2n) is 16.2. The average Bonchev–Trinajstić information content (AvgIpc) is 3.63. The zero-order valence-electron chi connectivity index (χ0n) is 35.2. The number of nitrogens with two attached hydrogens (primary N) is 1. The maximum absolute atomic E-state index is 13.8. The van der Waals surface area contributed by atoms with E-state index in [2.05, 4.69) is 41.9 Å². The molecule has 1 aromatic rings. The molecule has 1 rings (SSSR count). The molecule has 0 aromatic carbocycles. The maximum Gasteiger partial charge on any atom is 0.326 e. The number of carbonyl (C=O) groups is 7. The first-order valence-electron chi connectivity index (χ1n) is 19.9. The third-order valence-corrected chi connectivity index (χ3v) is 9.71. The molecule has 10 N–H and O–H groups in total. The van der Waals surface area contributed by atoms with Crippen molar-refractivity contribution < 1.29 is 38.7 Å². The number of aromatic amines is 1. The average molecular weight is 792 g/mol. The van der Waals surface area contributed by atoms with Crippen LogP contribution >= 0.6 is 0 Å². The number of rotatable bonds is 25. The van der Waals surface area contributed by atoms with Gasteiger partial charge in [0.05, 0.1) is 18.1 Å². The molecular formula is C39H69N9O8. The van der Waals surface area contributed by atoms with Gasteiger partial charge in [0.1, 0.15) is 36.3 Å². The number of hydrogen-bond acceptors (Lipinski definition) is 9. The summed E-state index contributed by atoms with van der Waals surface area (Å²) in [6.45, 7) is 20.0. The van der Waals surface area contributed by atoms with Gasteiger partial charge in [0, 0.05) is 12.6 Å². The number of aromatic nitrogens is 2. The van der Waals surface area contributed by atoms with Crippen LogP contribution in [0.2, 0.25) is 0 Å². The van der Waals surface area contributed by atoms with Crippen LogP contribution in [0, 0.1) is 29.6 Å². The van der Waals surface area contributed by atoms with Crippen molar-refractivity contribution in [3.8, 4) is 0 Å². The zero-order chi connectivity index (χ0) is 42.9. The molecule has 6 amide bonds. The fraction of sp³-hybridized carbons (Fsp3) is 0.744. The first kappa shape index (κ1) is 49.5. The van der Waals surface area contributed by atoms with Gasteiger partial charge >= 0.3 is 5.97 Å². The normalized spacial score (nSPS) is 16.3. The molecule has 1 aromatic heterocycles. The molecular weight excluding hydrogens is 722 g/mol. The first-order chi connectivity index (χ1) is 26.1. The molecule has 318 valence electrons. The predicted molar refractivity (Wildman–Crippen MR) is 212 cm³/mol. The van der Waals surface area contributed by atoms with Crippen LogP contribution < -0.4 is 37.6 Å². The summed E-state index contributed by atoms with van der Waals surface area (Å²) in [6, 6.07) is -7.50. The van der Waals surface area contributed by atoms with E-state index in [0.29, 0.717) is 25.0 Å². The Bertz CT molecular complexity index is 1440. The molecule has 0 aliphatic carbocycles. The topological polar surface area (TPSA) is 267 Å². The van der Waals surface area contributed by atoms with Crippen LogP contribution in [-0.2, 0) is 40.0 Å². The van der Waals surface area contributed by atoms with E-state index in [1.807, 2.05) is 55.4 Å². The summed E-state index contributed by atoms with van der Waals surface area (Å²) in [6.07, 6.45) is 4.79. The van der Waals surface area contributed by atoms with E-state index in [9.17, 15) is 38.7 Å². The lowest BCUT2D eigenvalue weighted by molar-refractivity contribution is -0.143. The van der Waals surface area contributed by atoms with Gasteiger partial charge in [0.25, 0.3) is 0 Å². The molecule has 0 aliphatic heterocycles. The zero-order valence-corrected chi connectivity index (χ0v) is 35.2. The monoisotopic (exact) mass is 792 g/mol. The van der Waals surface area contributed by atoms with E-state index in [-0.39, 0.29) is 42.9 Å². The van der Waals surface area contributed by atoms with Gasteiger partial charge in [-0.25, -0.2) is 9.78 Å². The van der Waals surface area contributed by atoms with E-state index < -0.39 is 89.6 Å². The minimum atomic E-state index is -1.22. The molecule has 17 nitrogen and oxygen atoms in total. The quantitative estimate of drug-likeness (QED) is 0.0689. The molecule has 1 heterocycles. The third kappa shape index (κ3) is 17.1. The van der Waals surface area contributed by atoms with E-state index in [1.54, 1.807) is 20.0 Å². The van der Waals surface area contributed by atoms with E-state index in [4.69, 9.17) is 5.73 Å². The van der Waals surface area contributed by atoms with E-state index >= 15 is 0 Å². The van der Waals surface area contributed by atoms with Crippen LogP contribution in [0.15, 0.2) is 12.5 Å². The molecule has 0 aliphatic rings. The Kier molecular flexibility index (Phi) is 21.4. The molecule has 9 atom stereocenters.